The molecule has 0 bridgehead atoms. The van der Waals surface area contributed by atoms with Crippen molar-refractivity contribution in [3.8, 4) is 16.9 Å². The van der Waals surface area contributed by atoms with Gasteiger partial charge in [0, 0.05) is 28.3 Å². The second kappa shape index (κ2) is 6.43. The van der Waals surface area contributed by atoms with Gasteiger partial charge in [-0.1, -0.05) is 17.7 Å². The largest absolute Gasteiger partial charge is 1.00 e. The summed E-state index contributed by atoms with van der Waals surface area (Å²) >= 11 is 6.12. The number of hydrogen-bond donors (Lipinski definition) is 0. The van der Waals surface area contributed by atoms with Crippen LogP contribution in [0.3, 0.4) is 0 Å². The van der Waals surface area contributed by atoms with E-state index in [1.807, 2.05) is 26.0 Å². The predicted octanol–water partition coefficient (Wildman–Crippen LogP) is 0.108. The summed E-state index contributed by atoms with van der Waals surface area (Å²) in [6, 6.07) is 9.60. The van der Waals surface area contributed by atoms with E-state index in [1.54, 1.807) is 12.1 Å². The fourth-order valence-corrected chi connectivity index (χ4v) is 3.33. The fraction of sp³-hybridized carbons (Fsp3) is 0.158. The number of ether oxygens (including phenoxy) is 1. The van der Waals surface area contributed by atoms with Crippen LogP contribution in [0.2, 0.25) is 5.02 Å². The Kier molecular flexibility index (Phi) is 4.69. The van der Waals surface area contributed by atoms with Crippen LogP contribution >= 0.6 is 11.6 Å². The first kappa shape index (κ1) is 19.0. The Labute approximate surface area is 175 Å². The summed E-state index contributed by atoms with van der Waals surface area (Å²) in [5.74, 6) is -1.55. The third kappa shape index (κ3) is 2.95. The van der Waals surface area contributed by atoms with E-state index in [4.69, 9.17) is 20.8 Å². The molecule has 5 nitrogen and oxygen atoms in total. The Hall–Kier alpha value is -1.79. The minimum atomic E-state index is -1.54. The second-order valence-corrected chi connectivity index (χ2v) is 6.85. The first-order chi connectivity index (χ1) is 11.8. The molecule has 0 saturated carbocycles. The minimum absolute atomic E-state index is 0. The molecule has 2 aromatic carbocycles. The van der Waals surface area contributed by atoms with Gasteiger partial charge in [-0.15, -0.1) is 0 Å². The van der Waals surface area contributed by atoms with Crippen molar-refractivity contribution in [3.63, 3.8) is 0 Å². The summed E-state index contributed by atoms with van der Waals surface area (Å²) in [6.45, 7) is 3.81. The smallest absolute Gasteiger partial charge is 0.542 e. The van der Waals surface area contributed by atoms with Gasteiger partial charge in [0.05, 0.1) is 5.39 Å². The molecule has 0 unspecified atom stereocenters. The van der Waals surface area contributed by atoms with Gasteiger partial charge in [-0.05, 0) is 37.6 Å². The third-order valence-corrected chi connectivity index (χ3v) is 4.55. The number of halogens is 1. The van der Waals surface area contributed by atoms with E-state index in [2.05, 4.69) is 0 Å². The Balaban J connectivity index is 0.00000196. The third-order valence-electron chi connectivity index (χ3n) is 4.32. The van der Waals surface area contributed by atoms with Crippen LogP contribution in [0.15, 0.2) is 45.6 Å². The van der Waals surface area contributed by atoms with Gasteiger partial charge in [0.1, 0.15) is 22.9 Å². The Morgan fingerprint density at radius 3 is 2.54 bits per heavy atom. The molecule has 0 radical (unpaired) electrons. The van der Waals surface area contributed by atoms with Crippen LogP contribution in [0.5, 0.6) is 5.75 Å². The van der Waals surface area contributed by atoms with Gasteiger partial charge in [0.15, 0.2) is 11.2 Å². The number of carboxylic acids is 1. The molecule has 2 heterocycles. The summed E-state index contributed by atoms with van der Waals surface area (Å²) in [5.41, 5.74) is 1.57. The number of carbonyl (C=O) groups excluding carboxylic acids is 1. The molecule has 0 fully saturated rings. The van der Waals surface area contributed by atoms with Crippen molar-refractivity contribution >= 4 is 28.5 Å². The number of fused-ring (bicyclic) bond motifs is 4. The van der Waals surface area contributed by atoms with Crippen LogP contribution in [-0.4, -0.2) is 5.97 Å². The van der Waals surface area contributed by atoms with E-state index in [9.17, 15) is 14.7 Å². The van der Waals surface area contributed by atoms with E-state index in [0.717, 1.165) is 22.8 Å². The Morgan fingerprint density at radius 1 is 1.12 bits per heavy atom. The van der Waals surface area contributed by atoms with Gasteiger partial charge in [0.2, 0.25) is 0 Å². The molecule has 4 rings (SSSR count). The molecule has 0 amide bonds. The summed E-state index contributed by atoms with van der Waals surface area (Å²) in [7, 11) is 0. The monoisotopic (exact) mass is 378 g/mol. The molecule has 126 valence electrons. The van der Waals surface area contributed by atoms with Crippen LogP contribution in [0, 0.1) is 0 Å². The van der Waals surface area contributed by atoms with Gasteiger partial charge < -0.3 is 19.1 Å². The van der Waals surface area contributed by atoms with E-state index in [0.29, 0.717) is 10.8 Å². The van der Waals surface area contributed by atoms with Crippen molar-refractivity contribution in [1.29, 1.82) is 0 Å². The van der Waals surface area contributed by atoms with E-state index in [-0.39, 0.29) is 40.5 Å². The zero-order chi connectivity index (χ0) is 17.9. The van der Waals surface area contributed by atoms with Crippen molar-refractivity contribution in [2.24, 2.45) is 0 Å². The van der Waals surface area contributed by atoms with Gasteiger partial charge in [-0.3, -0.25) is 4.79 Å². The number of aromatic carboxylic acids is 1. The van der Waals surface area contributed by atoms with Crippen LogP contribution in [0.1, 0.15) is 30.0 Å². The molecule has 0 aliphatic carbocycles. The summed E-state index contributed by atoms with van der Waals surface area (Å²) < 4.78 is 11.3. The molecule has 1 aliphatic heterocycles. The molecule has 1 aromatic heterocycles. The second-order valence-electron chi connectivity index (χ2n) is 6.41. The SMILES string of the molecule is CC1(C)Oc2cc3oc(C(=O)[O-])cc(=O)c3cc2-c2ccc(Cl)cc21.[Na+]. The molecule has 7 heteroatoms. The normalized spacial score (nSPS) is 14.0. The molecule has 1 aliphatic rings. The van der Waals surface area contributed by atoms with Crippen molar-refractivity contribution < 1.29 is 48.6 Å². The molecule has 0 N–H and O–H groups in total. The first-order valence-corrected chi connectivity index (χ1v) is 7.97. The maximum absolute atomic E-state index is 12.3. The molecule has 0 spiro atoms. The van der Waals surface area contributed by atoms with Gasteiger partial charge in [-0.25, -0.2) is 0 Å². The van der Waals surface area contributed by atoms with Gasteiger partial charge in [-0.2, -0.15) is 0 Å². The minimum Gasteiger partial charge on any atom is -0.542 e. The molecule has 26 heavy (non-hydrogen) atoms. The molecular weight excluding hydrogens is 367 g/mol. The van der Waals surface area contributed by atoms with E-state index in [1.165, 1.54) is 6.07 Å². The predicted molar refractivity (Wildman–Crippen MR) is 90.9 cm³/mol. The zero-order valence-corrected chi connectivity index (χ0v) is 17.1. The summed E-state index contributed by atoms with van der Waals surface area (Å²) in [4.78, 5) is 23.3. The Morgan fingerprint density at radius 2 is 1.85 bits per heavy atom. The van der Waals surface area contributed by atoms with Crippen molar-refractivity contribution in [1.82, 2.24) is 0 Å². The van der Waals surface area contributed by atoms with Crippen LogP contribution in [0.25, 0.3) is 22.1 Å². The van der Waals surface area contributed by atoms with Crippen LogP contribution in [-0.2, 0) is 5.60 Å². The maximum Gasteiger partial charge on any atom is 1.00 e. The molecule has 0 atom stereocenters. The van der Waals surface area contributed by atoms with E-state index < -0.39 is 22.8 Å². The summed E-state index contributed by atoms with van der Waals surface area (Å²) in [6.07, 6.45) is 0. The number of rotatable bonds is 1. The van der Waals surface area contributed by atoms with Gasteiger partial charge >= 0.3 is 29.6 Å². The number of carbonyl (C=O) groups is 1. The van der Waals surface area contributed by atoms with Crippen molar-refractivity contribution in [2.45, 2.75) is 19.4 Å². The Bertz CT molecular complexity index is 1120. The standard InChI is InChI=1S/C19H13ClO5.Na/c1-19(2)13-5-9(20)3-4-10(13)11-6-12-14(21)7-17(18(22)23)24-15(12)8-16(11)25-19;/h3-8H,1-2H3,(H,22,23);/q;+1/p-1. The molecule has 0 saturated heterocycles. The maximum atomic E-state index is 12.3. The van der Waals surface area contributed by atoms with Gasteiger partial charge in [0.25, 0.3) is 0 Å². The molecular formula is C19H12ClNaO5. The average Bonchev–Trinajstić information content (AvgIpc) is 2.53. The summed E-state index contributed by atoms with van der Waals surface area (Å²) in [5, 5.41) is 11.9. The van der Waals surface area contributed by atoms with Crippen molar-refractivity contribution in [3.05, 3.63) is 63.0 Å². The first-order valence-electron chi connectivity index (χ1n) is 7.59. The quantitative estimate of drug-likeness (QED) is 0.561. The van der Waals surface area contributed by atoms with E-state index >= 15 is 0 Å². The number of carboxylic acid groups (broad SMARTS) is 1. The van der Waals surface area contributed by atoms with Crippen LogP contribution < -0.4 is 44.8 Å². The fourth-order valence-electron chi connectivity index (χ4n) is 3.16. The van der Waals surface area contributed by atoms with Crippen molar-refractivity contribution in [2.75, 3.05) is 0 Å². The average molecular weight is 379 g/mol. The van der Waals surface area contributed by atoms with Crippen LogP contribution in [0.4, 0.5) is 0 Å². The number of hydrogen-bond acceptors (Lipinski definition) is 5. The number of benzene rings is 2. The topological polar surface area (TPSA) is 79.6 Å². The zero-order valence-electron chi connectivity index (χ0n) is 14.4. The molecule has 3 aromatic rings.